The Morgan fingerprint density at radius 2 is 1.82 bits per heavy atom. The predicted octanol–water partition coefficient (Wildman–Crippen LogP) is 3.47. The number of rotatable bonds is 15. The summed E-state index contributed by atoms with van der Waals surface area (Å²) in [6.07, 6.45) is 9.00. The largest absolute Gasteiger partial charge is 0.459 e. The minimum atomic E-state index is -3.52. The van der Waals surface area contributed by atoms with Gasteiger partial charge in [-0.25, -0.2) is 13.1 Å². The van der Waals surface area contributed by atoms with Crippen LogP contribution in [-0.2, 0) is 49.8 Å². The Hall–Kier alpha value is -3.20. The molecule has 3 heterocycles. The number of sulfonamides is 1. The number of hydrogen-bond donors (Lipinski definition) is 3. The van der Waals surface area contributed by atoms with Crippen molar-refractivity contribution in [2.24, 2.45) is 5.92 Å². The average molecular weight is 717 g/mol. The summed E-state index contributed by atoms with van der Waals surface area (Å²) in [7, 11) is -2.16. The molecule has 1 spiro atoms. The van der Waals surface area contributed by atoms with Crippen LogP contribution in [0, 0.1) is 5.92 Å². The molecule has 0 aromatic heterocycles. The van der Waals surface area contributed by atoms with Crippen LogP contribution in [0.5, 0.6) is 0 Å². The third-order valence-corrected chi connectivity index (χ3v) is 11.0. The van der Waals surface area contributed by atoms with E-state index in [1.165, 1.54) is 32.2 Å². The first kappa shape index (κ1) is 39.6. The molecule has 4 rings (SSSR count). The highest BCUT2D eigenvalue weighted by Gasteiger charge is 2.58. The Balaban J connectivity index is 1.25. The number of esters is 1. The number of benzene rings is 1. The van der Waals surface area contributed by atoms with Gasteiger partial charge in [-0.2, -0.15) is 0 Å². The van der Waals surface area contributed by atoms with Gasteiger partial charge in [0.2, 0.25) is 15.9 Å². The summed E-state index contributed by atoms with van der Waals surface area (Å²) in [5, 5.41) is 14.0. The van der Waals surface area contributed by atoms with Gasteiger partial charge in [0.05, 0.1) is 35.9 Å². The van der Waals surface area contributed by atoms with E-state index in [0.717, 1.165) is 17.6 Å². The lowest BCUT2D eigenvalue weighted by molar-refractivity contribution is -0.144. The molecule has 0 radical (unpaired) electrons. The standard InChI is InChI=1S/C37H52N2O10S/c1-23(7-16-33-24(2)19-32(26(4)48-33)39-35(42)18-9-25(3)47-27(5)40)8-17-34-36(43)37(22-46-37)21-30(49-34)20-29(41)13-10-28-11-14-31(15-12-28)50(44,45)38-6/h7-9,11-12,14-15,17-18,24-26,30,32-34,36,38,43H,10,13,16,19-22H2,1-6H3,(H,39,42)/b17-8+,18-9-,23-7+/t24-,25-,26+,30+,32+,33-,34+,36+,37+/m0/s1. The zero-order valence-electron chi connectivity index (χ0n) is 29.8. The second kappa shape index (κ2) is 17.3. The number of nitrogens with one attached hydrogen (secondary N) is 2. The second-order valence-corrected chi connectivity index (χ2v) is 15.6. The molecule has 1 aromatic rings. The van der Waals surface area contributed by atoms with E-state index in [2.05, 4.69) is 23.0 Å². The van der Waals surface area contributed by atoms with Crippen LogP contribution < -0.4 is 10.0 Å². The Kier molecular flexibility index (Phi) is 13.7. The molecule has 0 unspecified atom stereocenters. The molecule has 3 saturated heterocycles. The van der Waals surface area contributed by atoms with E-state index in [4.69, 9.17) is 18.9 Å². The van der Waals surface area contributed by atoms with Crippen molar-refractivity contribution in [1.29, 1.82) is 0 Å². The molecule has 1 amide bonds. The highest BCUT2D eigenvalue weighted by Crippen LogP contribution is 2.43. The summed E-state index contributed by atoms with van der Waals surface area (Å²) in [5.41, 5.74) is 1.14. The average Bonchev–Trinajstić information content (AvgIpc) is 3.84. The zero-order chi connectivity index (χ0) is 36.6. The number of allylic oxidation sites excluding steroid dienone is 2. The third-order valence-electron chi connectivity index (χ3n) is 9.57. The maximum absolute atomic E-state index is 12.9. The molecule has 3 fully saturated rings. The van der Waals surface area contributed by atoms with Crippen LogP contribution in [0.4, 0.5) is 0 Å². The fourth-order valence-corrected chi connectivity index (χ4v) is 7.21. The van der Waals surface area contributed by atoms with Gasteiger partial charge < -0.3 is 29.4 Å². The van der Waals surface area contributed by atoms with Crippen molar-refractivity contribution in [3.63, 3.8) is 0 Å². The summed E-state index contributed by atoms with van der Waals surface area (Å²) in [6, 6.07) is 6.33. The number of ketones is 1. The molecule has 1 aromatic carbocycles. The number of amides is 1. The lowest BCUT2D eigenvalue weighted by Gasteiger charge is -2.39. The van der Waals surface area contributed by atoms with Crippen LogP contribution in [0.15, 0.2) is 65.1 Å². The predicted molar refractivity (Wildman–Crippen MR) is 187 cm³/mol. The van der Waals surface area contributed by atoms with E-state index in [0.29, 0.717) is 25.9 Å². The van der Waals surface area contributed by atoms with Gasteiger partial charge in [-0.1, -0.05) is 42.9 Å². The number of aryl methyl sites for hydroxylation is 1. The van der Waals surface area contributed by atoms with Gasteiger partial charge in [0, 0.05) is 32.3 Å². The highest BCUT2D eigenvalue weighted by atomic mass is 32.2. The first-order chi connectivity index (χ1) is 23.6. The Morgan fingerprint density at radius 1 is 1.12 bits per heavy atom. The first-order valence-corrected chi connectivity index (χ1v) is 18.8. The maximum Gasteiger partial charge on any atom is 0.303 e. The first-order valence-electron chi connectivity index (χ1n) is 17.3. The topological polar surface area (TPSA) is 170 Å². The summed E-state index contributed by atoms with van der Waals surface area (Å²) < 4.78 is 49.4. The lowest BCUT2D eigenvalue weighted by Crippen LogP contribution is -2.50. The molecule has 0 aliphatic carbocycles. The number of Topliss-reactive ketones (excluding diaryl/α,β-unsaturated/α-hetero) is 1. The molecule has 0 saturated carbocycles. The number of epoxide rings is 1. The van der Waals surface area contributed by atoms with Gasteiger partial charge in [0.15, 0.2) is 0 Å². The Bertz CT molecular complexity index is 1550. The summed E-state index contributed by atoms with van der Waals surface area (Å²) in [5.74, 6) is -0.455. The molecular weight excluding hydrogens is 664 g/mol. The van der Waals surface area contributed by atoms with E-state index in [9.17, 15) is 27.9 Å². The van der Waals surface area contributed by atoms with Crippen LogP contribution in [-0.4, -0.2) is 93.1 Å². The van der Waals surface area contributed by atoms with E-state index in [-0.39, 0.29) is 53.6 Å². The number of carbonyl (C=O) groups is 3. The van der Waals surface area contributed by atoms with Crippen LogP contribution >= 0.6 is 0 Å². The van der Waals surface area contributed by atoms with Gasteiger partial charge in [-0.15, -0.1) is 0 Å². The van der Waals surface area contributed by atoms with Crippen molar-refractivity contribution in [3.8, 4) is 0 Å². The normalized spacial score (nSPS) is 30.8. The van der Waals surface area contributed by atoms with Gasteiger partial charge in [0.25, 0.3) is 0 Å². The third kappa shape index (κ3) is 11.1. The Morgan fingerprint density at radius 3 is 2.46 bits per heavy atom. The molecule has 3 aliphatic rings. The number of ether oxygens (including phenoxy) is 4. The molecule has 276 valence electrons. The van der Waals surface area contributed by atoms with Crippen molar-refractivity contribution in [2.45, 2.75) is 126 Å². The van der Waals surface area contributed by atoms with Crippen LogP contribution in [0.3, 0.4) is 0 Å². The minimum absolute atomic E-state index is 0.0240. The molecule has 50 heavy (non-hydrogen) atoms. The van der Waals surface area contributed by atoms with Gasteiger partial charge >= 0.3 is 5.97 Å². The van der Waals surface area contributed by atoms with Gasteiger partial charge in [-0.05, 0) is 76.8 Å². The van der Waals surface area contributed by atoms with Crippen LogP contribution in [0.1, 0.15) is 72.3 Å². The van der Waals surface area contributed by atoms with Crippen molar-refractivity contribution in [2.75, 3.05) is 13.7 Å². The van der Waals surface area contributed by atoms with E-state index in [1.54, 1.807) is 25.1 Å². The van der Waals surface area contributed by atoms with Crippen LogP contribution in [0.25, 0.3) is 0 Å². The van der Waals surface area contributed by atoms with E-state index >= 15 is 0 Å². The molecule has 0 bridgehead atoms. The van der Waals surface area contributed by atoms with Crippen molar-refractivity contribution in [3.05, 3.63) is 65.8 Å². The molecule has 3 N–H and O–H groups in total. The Labute approximate surface area is 295 Å². The lowest BCUT2D eigenvalue weighted by atomic mass is 9.86. The molecule has 9 atom stereocenters. The van der Waals surface area contributed by atoms with Crippen molar-refractivity contribution < 1.29 is 46.9 Å². The van der Waals surface area contributed by atoms with Gasteiger partial charge in [0.1, 0.15) is 29.7 Å². The maximum atomic E-state index is 12.9. The summed E-state index contributed by atoms with van der Waals surface area (Å²) in [4.78, 5) is 36.6. The SMILES string of the molecule is CNS(=O)(=O)c1ccc(CCC(=O)C[C@@H]2C[C@@]3(CO3)[C@H](O)[C@@H](/C=C/C(C)=C/C[C@@H]3O[C@H](C)[C@H](NC(=O)/C=C\[C@H](C)OC(C)=O)C[C@@H]3C)O2)cc1. The number of hydrogen-bond acceptors (Lipinski definition) is 10. The molecular formula is C37H52N2O10S. The smallest absolute Gasteiger partial charge is 0.303 e. The van der Waals surface area contributed by atoms with E-state index in [1.807, 2.05) is 26.0 Å². The monoisotopic (exact) mass is 716 g/mol. The molecule has 3 aliphatic heterocycles. The summed E-state index contributed by atoms with van der Waals surface area (Å²) in [6.45, 7) is 9.45. The fourth-order valence-electron chi connectivity index (χ4n) is 6.48. The number of carbonyl (C=O) groups excluding carboxylic acids is 3. The zero-order valence-corrected chi connectivity index (χ0v) is 30.6. The van der Waals surface area contributed by atoms with Crippen molar-refractivity contribution in [1.82, 2.24) is 10.0 Å². The second-order valence-electron chi connectivity index (χ2n) is 13.7. The van der Waals surface area contributed by atoms with Gasteiger partial charge in [-0.3, -0.25) is 14.4 Å². The van der Waals surface area contributed by atoms with E-state index < -0.39 is 46.0 Å². The minimum Gasteiger partial charge on any atom is -0.459 e. The van der Waals surface area contributed by atoms with Crippen molar-refractivity contribution >= 4 is 27.7 Å². The quantitative estimate of drug-likeness (QED) is 0.106. The summed E-state index contributed by atoms with van der Waals surface area (Å²) >= 11 is 0. The number of aliphatic hydroxyl groups excluding tert-OH is 1. The van der Waals surface area contributed by atoms with Crippen LogP contribution in [0.2, 0.25) is 0 Å². The molecule has 13 heteroatoms. The molecule has 12 nitrogen and oxygen atoms in total. The fraction of sp³-hybridized carbons (Fsp3) is 0.595. The highest BCUT2D eigenvalue weighted by molar-refractivity contribution is 7.89. The number of aliphatic hydroxyl groups is 1.